The molecule has 3 N–H and O–H groups in total. The maximum absolute atomic E-state index is 5.96. The van der Waals surface area contributed by atoms with Crippen LogP contribution in [0.1, 0.15) is 57.1 Å². The smallest absolute Gasteiger partial charge is 0.0359 e. The number of unbranched alkanes of at least 4 members (excludes halogenated alkanes) is 3. The molecular formula is C17H30N2. The Morgan fingerprint density at radius 1 is 1.11 bits per heavy atom. The molecule has 108 valence electrons. The van der Waals surface area contributed by atoms with Crippen molar-refractivity contribution in [2.75, 3.05) is 12.3 Å². The summed E-state index contributed by atoms with van der Waals surface area (Å²) in [5, 5.41) is 3.49. The van der Waals surface area contributed by atoms with Gasteiger partial charge in [-0.3, -0.25) is 0 Å². The van der Waals surface area contributed by atoms with E-state index < -0.39 is 0 Å². The first-order valence-electron chi connectivity index (χ1n) is 7.65. The average molecular weight is 262 g/mol. The number of hydrogen-bond acceptors (Lipinski definition) is 2. The van der Waals surface area contributed by atoms with Gasteiger partial charge < -0.3 is 11.1 Å². The maximum atomic E-state index is 5.96. The van der Waals surface area contributed by atoms with Crippen molar-refractivity contribution in [1.82, 2.24) is 5.32 Å². The Kier molecular flexibility index (Phi) is 7.57. The Balaban J connectivity index is 2.06. The molecule has 0 aliphatic heterocycles. The first-order chi connectivity index (χ1) is 9.09. The Morgan fingerprint density at radius 3 is 2.58 bits per heavy atom. The van der Waals surface area contributed by atoms with E-state index in [1.807, 2.05) is 6.07 Å². The van der Waals surface area contributed by atoms with Crippen molar-refractivity contribution in [3.05, 3.63) is 29.3 Å². The lowest BCUT2D eigenvalue weighted by Crippen LogP contribution is -2.15. The van der Waals surface area contributed by atoms with Crippen molar-refractivity contribution in [3.63, 3.8) is 0 Å². The van der Waals surface area contributed by atoms with Crippen LogP contribution in [0.5, 0.6) is 0 Å². The molecule has 0 unspecified atom stereocenters. The molecule has 19 heavy (non-hydrogen) atoms. The highest BCUT2D eigenvalue weighted by Crippen LogP contribution is 2.13. The van der Waals surface area contributed by atoms with E-state index in [2.05, 4.69) is 38.2 Å². The Hall–Kier alpha value is -1.02. The van der Waals surface area contributed by atoms with Crippen molar-refractivity contribution in [3.8, 4) is 0 Å². The summed E-state index contributed by atoms with van der Waals surface area (Å²) in [7, 11) is 0. The van der Waals surface area contributed by atoms with Gasteiger partial charge in [-0.15, -0.1) is 0 Å². The van der Waals surface area contributed by atoms with Gasteiger partial charge in [0.05, 0.1) is 0 Å². The quantitative estimate of drug-likeness (QED) is 0.515. The molecule has 0 fully saturated rings. The first-order valence-corrected chi connectivity index (χ1v) is 7.65. The van der Waals surface area contributed by atoms with Crippen molar-refractivity contribution in [2.24, 2.45) is 5.92 Å². The van der Waals surface area contributed by atoms with Crippen molar-refractivity contribution in [1.29, 1.82) is 0 Å². The molecule has 0 amide bonds. The first kappa shape index (κ1) is 16.0. The van der Waals surface area contributed by atoms with Gasteiger partial charge in [0.2, 0.25) is 0 Å². The lowest BCUT2D eigenvalue weighted by molar-refractivity contribution is 0.512. The van der Waals surface area contributed by atoms with Crippen molar-refractivity contribution in [2.45, 2.75) is 59.4 Å². The van der Waals surface area contributed by atoms with Gasteiger partial charge in [0.25, 0.3) is 0 Å². The molecule has 0 aliphatic rings. The third kappa shape index (κ3) is 7.22. The highest BCUT2D eigenvalue weighted by Gasteiger charge is 1.99. The molecule has 1 rings (SSSR count). The predicted molar refractivity (Wildman–Crippen MR) is 85.2 cm³/mol. The van der Waals surface area contributed by atoms with E-state index >= 15 is 0 Å². The summed E-state index contributed by atoms with van der Waals surface area (Å²) in [4.78, 5) is 0. The summed E-state index contributed by atoms with van der Waals surface area (Å²) in [6.45, 7) is 8.69. The van der Waals surface area contributed by atoms with Crippen LogP contribution in [-0.2, 0) is 6.54 Å². The van der Waals surface area contributed by atoms with E-state index in [9.17, 15) is 0 Å². The second-order valence-corrected chi connectivity index (χ2v) is 5.98. The molecule has 0 atom stereocenters. The molecule has 0 aromatic heterocycles. The van der Waals surface area contributed by atoms with Gasteiger partial charge in [0, 0.05) is 12.2 Å². The normalized spacial score (nSPS) is 11.2. The third-order valence-electron chi connectivity index (χ3n) is 3.50. The number of nitrogens with two attached hydrogens (primary N) is 1. The molecule has 2 heteroatoms. The van der Waals surface area contributed by atoms with Gasteiger partial charge in [-0.2, -0.15) is 0 Å². The molecule has 1 aromatic rings. The molecule has 0 spiro atoms. The summed E-state index contributed by atoms with van der Waals surface area (Å²) in [6.07, 6.45) is 6.72. The molecule has 0 saturated carbocycles. The summed E-state index contributed by atoms with van der Waals surface area (Å²) in [6, 6.07) is 6.23. The summed E-state index contributed by atoms with van der Waals surface area (Å²) in [5.74, 6) is 0.849. The number of nitrogen functional groups attached to an aromatic ring is 1. The van der Waals surface area contributed by atoms with E-state index in [1.54, 1.807) is 0 Å². The SMILES string of the molecule is Cc1ccc(N)c(CNCCCCCCC(C)C)c1. The van der Waals surface area contributed by atoms with Gasteiger partial charge in [0.1, 0.15) is 0 Å². The van der Waals surface area contributed by atoms with E-state index in [1.165, 1.54) is 43.2 Å². The predicted octanol–water partition coefficient (Wildman–Crippen LogP) is 4.27. The van der Waals surface area contributed by atoms with Crippen molar-refractivity contribution < 1.29 is 0 Å². The minimum Gasteiger partial charge on any atom is -0.398 e. The molecule has 0 saturated heterocycles. The minimum absolute atomic E-state index is 0.849. The van der Waals surface area contributed by atoms with Crippen LogP contribution in [0.25, 0.3) is 0 Å². The Labute approximate surface area is 118 Å². The van der Waals surface area contributed by atoms with Crippen LogP contribution in [0.3, 0.4) is 0 Å². The Morgan fingerprint density at radius 2 is 1.84 bits per heavy atom. The highest BCUT2D eigenvalue weighted by molar-refractivity contribution is 5.48. The fourth-order valence-electron chi connectivity index (χ4n) is 2.27. The van der Waals surface area contributed by atoms with Crippen LogP contribution in [-0.4, -0.2) is 6.54 Å². The van der Waals surface area contributed by atoms with E-state index in [0.717, 1.165) is 24.7 Å². The van der Waals surface area contributed by atoms with Crippen LogP contribution in [0.15, 0.2) is 18.2 Å². The second-order valence-electron chi connectivity index (χ2n) is 5.98. The molecule has 0 heterocycles. The second kappa shape index (κ2) is 8.98. The number of benzene rings is 1. The lowest BCUT2D eigenvalue weighted by atomic mass is 10.0. The zero-order valence-corrected chi connectivity index (χ0v) is 12.8. The maximum Gasteiger partial charge on any atom is 0.0359 e. The standard InChI is InChI=1S/C17H30N2/c1-14(2)8-6-4-5-7-11-19-13-16-12-15(3)9-10-17(16)18/h9-10,12,14,19H,4-8,11,13,18H2,1-3H3. The van der Waals surface area contributed by atoms with E-state index in [0.29, 0.717) is 0 Å². The summed E-state index contributed by atoms with van der Waals surface area (Å²) < 4.78 is 0. The minimum atomic E-state index is 0.849. The van der Waals surface area contributed by atoms with Gasteiger partial charge in [-0.1, -0.05) is 57.2 Å². The van der Waals surface area contributed by atoms with Crippen LogP contribution in [0.2, 0.25) is 0 Å². The monoisotopic (exact) mass is 262 g/mol. The van der Waals surface area contributed by atoms with Crippen LogP contribution in [0.4, 0.5) is 5.69 Å². The molecular weight excluding hydrogens is 232 g/mol. The molecule has 0 aliphatic carbocycles. The summed E-state index contributed by atoms with van der Waals surface area (Å²) in [5.41, 5.74) is 9.36. The van der Waals surface area contributed by atoms with Crippen LogP contribution >= 0.6 is 0 Å². The zero-order chi connectivity index (χ0) is 14.1. The highest BCUT2D eigenvalue weighted by atomic mass is 14.8. The average Bonchev–Trinajstić information content (AvgIpc) is 2.36. The number of anilines is 1. The molecule has 0 radical (unpaired) electrons. The lowest BCUT2D eigenvalue weighted by Gasteiger charge is -2.09. The van der Waals surface area contributed by atoms with Gasteiger partial charge in [-0.25, -0.2) is 0 Å². The Bertz CT molecular complexity index is 358. The van der Waals surface area contributed by atoms with E-state index in [-0.39, 0.29) is 0 Å². The molecule has 1 aromatic carbocycles. The molecule has 2 nitrogen and oxygen atoms in total. The topological polar surface area (TPSA) is 38.0 Å². The van der Waals surface area contributed by atoms with Crippen LogP contribution < -0.4 is 11.1 Å². The van der Waals surface area contributed by atoms with Gasteiger partial charge >= 0.3 is 0 Å². The van der Waals surface area contributed by atoms with Gasteiger partial charge in [-0.05, 0) is 37.4 Å². The van der Waals surface area contributed by atoms with Gasteiger partial charge in [0.15, 0.2) is 0 Å². The molecule has 0 bridgehead atoms. The van der Waals surface area contributed by atoms with Crippen molar-refractivity contribution >= 4 is 5.69 Å². The zero-order valence-electron chi connectivity index (χ0n) is 12.8. The number of hydrogen-bond donors (Lipinski definition) is 2. The third-order valence-corrected chi connectivity index (χ3v) is 3.50. The van der Waals surface area contributed by atoms with E-state index in [4.69, 9.17) is 5.73 Å². The van der Waals surface area contributed by atoms with Crippen LogP contribution in [0, 0.1) is 12.8 Å². The fraction of sp³-hybridized carbons (Fsp3) is 0.647. The largest absolute Gasteiger partial charge is 0.398 e. The number of nitrogens with one attached hydrogen (secondary N) is 1. The number of rotatable bonds is 9. The number of aryl methyl sites for hydroxylation is 1. The summed E-state index contributed by atoms with van der Waals surface area (Å²) >= 11 is 0. The fourth-order valence-corrected chi connectivity index (χ4v) is 2.27.